The van der Waals surface area contributed by atoms with Gasteiger partial charge in [-0.1, -0.05) is 18.7 Å². The molecule has 0 amide bonds. The summed E-state index contributed by atoms with van der Waals surface area (Å²) in [7, 11) is 0. The van der Waals surface area contributed by atoms with Crippen molar-refractivity contribution in [2.75, 3.05) is 5.75 Å². The monoisotopic (exact) mass is 239 g/mol. The number of nitrogens with zero attached hydrogens (tertiary/aromatic N) is 4. The van der Waals surface area contributed by atoms with Gasteiger partial charge in [0.2, 0.25) is 0 Å². The molecule has 0 aromatic carbocycles. The van der Waals surface area contributed by atoms with Crippen LogP contribution in [-0.4, -0.2) is 20.5 Å². The van der Waals surface area contributed by atoms with Crippen molar-refractivity contribution in [2.24, 2.45) is 5.73 Å². The molecular formula is C10H17N5S. The molecule has 0 aliphatic carbocycles. The summed E-state index contributed by atoms with van der Waals surface area (Å²) in [5.41, 5.74) is 5.59. The van der Waals surface area contributed by atoms with Crippen molar-refractivity contribution in [1.29, 1.82) is 5.26 Å². The number of hydrogen-bond acceptors (Lipinski definition) is 5. The fraction of sp³-hybridized carbons (Fsp3) is 0.700. The van der Waals surface area contributed by atoms with E-state index in [1.807, 2.05) is 0 Å². The summed E-state index contributed by atoms with van der Waals surface area (Å²) >= 11 is 1.65. The van der Waals surface area contributed by atoms with Crippen molar-refractivity contribution in [3.8, 4) is 6.07 Å². The Morgan fingerprint density at radius 3 is 2.94 bits per heavy atom. The molecule has 1 heterocycles. The molecule has 0 aliphatic heterocycles. The van der Waals surface area contributed by atoms with E-state index in [1.54, 1.807) is 11.8 Å². The zero-order valence-electron chi connectivity index (χ0n) is 9.52. The Kier molecular flexibility index (Phi) is 5.90. The van der Waals surface area contributed by atoms with Gasteiger partial charge in [-0.15, -0.1) is 10.2 Å². The summed E-state index contributed by atoms with van der Waals surface area (Å²) in [5, 5.41) is 17.5. The molecule has 2 N–H and O–H groups in total. The van der Waals surface area contributed by atoms with Crippen LogP contribution < -0.4 is 5.73 Å². The van der Waals surface area contributed by atoms with E-state index in [1.165, 1.54) is 0 Å². The van der Waals surface area contributed by atoms with Crippen molar-refractivity contribution in [2.45, 2.75) is 44.4 Å². The molecule has 16 heavy (non-hydrogen) atoms. The summed E-state index contributed by atoms with van der Waals surface area (Å²) in [6, 6.07) is 2.13. The Morgan fingerprint density at radius 1 is 1.50 bits per heavy atom. The molecule has 0 saturated heterocycles. The first-order valence-corrected chi connectivity index (χ1v) is 6.44. The number of nitriles is 1. The van der Waals surface area contributed by atoms with E-state index in [0.29, 0.717) is 13.0 Å². The maximum atomic E-state index is 8.44. The summed E-state index contributed by atoms with van der Waals surface area (Å²) in [6.07, 6.45) is 2.52. The highest BCUT2D eigenvalue weighted by Gasteiger charge is 2.09. The molecule has 0 saturated carbocycles. The molecule has 0 atom stereocenters. The number of aromatic nitrogens is 3. The minimum Gasteiger partial charge on any atom is -0.324 e. The van der Waals surface area contributed by atoms with Gasteiger partial charge in [0.1, 0.15) is 5.82 Å². The molecular weight excluding hydrogens is 222 g/mol. The van der Waals surface area contributed by atoms with Crippen LogP contribution in [0.4, 0.5) is 0 Å². The molecule has 88 valence electrons. The molecule has 1 aromatic rings. The van der Waals surface area contributed by atoms with E-state index in [9.17, 15) is 0 Å². The summed E-state index contributed by atoms with van der Waals surface area (Å²) in [6.45, 7) is 3.44. The smallest absolute Gasteiger partial charge is 0.191 e. The minimum absolute atomic E-state index is 0.422. The summed E-state index contributed by atoms with van der Waals surface area (Å²) in [5.74, 6) is 1.74. The molecule has 0 fully saturated rings. The fourth-order valence-electron chi connectivity index (χ4n) is 1.34. The molecule has 0 spiro atoms. The quantitative estimate of drug-likeness (QED) is 0.576. The van der Waals surface area contributed by atoms with Gasteiger partial charge in [-0.3, -0.25) is 0 Å². The van der Waals surface area contributed by atoms with Gasteiger partial charge in [0.15, 0.2) is 5.16 Å². The molecule has 0 aliphatic rings. The third-order valence-electron chi connectivity index (χ3n) is 2.09. The predicted molar refractivity (Wildman–Crippen MR) is 63.8 cm³/mol. The van der Waals surface area contributed by atoms with Crippen molar-refractivity contribution >= 4 is 11.8 Å². The van der Waals surface area contributed by atoms with Crippen molar-refractivity contribution < 1.29 is 0 Å². The second kappa shape index (κ2) is 7.25. The van der Waals surface area contributed by atoms with Crippen LogP contribution in [0.2, 0.25) is 0 Å². The Hall–Kier alpha value is -1.06. The number of unbranched alkanes of at least 4 members (excludes halogenated alkanes) is 1. The van der Waals surface area contributed by atoms with Crippen LogP contribution in [0.1, 0.15) is 32.0 Å². The van der Waals surface area contributed by atoms with E-state index >= 15 is 0 Å². The van der Waals surface area contributed by atoms with Gasteiger partial charge in [0, 0.05) is 18.7 Å². The van der Waals surface area contributed by atoms with Crippen molar-refractivity contribution in [3.63, 3.8) is 0 Å². The number of thioether (sulfide) groups is 1. The standard InChI is InChI=1S/C10H17N5S/c1-2-6-15-9(8-12)13-14-10(15)16-7-4-3-5-11/h2-4,6-8,12H2,1H3. The summed E-state index contributed by atoms with van der Waals surface area (Å²) in [4.78, 5) is 0. The first kappa shape index (κ1) is 13.0. The highest BCUT2D eigenvalue weighted by atomic mass is 32.2. The van der Waals surface area contributed by atoms with Crippen LogP contribution in [0.15, 0.2) is 5.16 Å². The first-order valence-electron chi connectivity index (χ1n) is 5.45. The van der Waals surface area contributed by atoms with Gasteiger partial charge in [-0.25, -0.2) is 0 Å². The minimum atomic E-state index is 0.422. The van der Waals surface area contributed by atoms with Gasteiger partial charge in [0.05, 0.1) is 12.6 Å². The third kappa shape index (κ3) is 3.51. The molecule has 5 nitrogen and oxygen atoms in total. The Labute approximate surface area is 100 Å². The number of rotatable bonds is 7. The van der Waals surface area contributed by atoms with Gasteiger partial charge in [0.25, 0.3) is 0 Å². The zero-order chi connectivity index (χ0) is 11.8. The van der Waals surface area contributed by atoms with Gasteiger partial charge in [-0.2, -0.15) is 5.26 Å². The molecule has 0 unspecified atom stereocenters. The predicted octanol–water partition coefficient (Wildman–Crippen LogP) is 1.54. The van der Waals surface area contributed by atoms with Crippen molar-refractivity contribution in [3.05, 3.63) is 5.82 Å². The highest BCUT2D eigenvalue weighted by Crippen LogP contribution is 2.18. The van der Waals surface area contributed by atoms with E-state index in [4.69, 9.17) is 11.0 Å². The van der Waals surface area contributed by atoms with E-state index in [2.05, 4.69) is 27.8 Å². The lowest BCUT2D eigenvalue weighted by atomic mass is 10.4. The Morgan fingerprint density at radius 2 is 2.31 bits per heavy atom. The van der Waals surface area contributed by atoms with E-state index in [0.717, 1.165) is 36.1 Å². The molecule has 0 radical (unpaired) electrons. The first-order chi connectivity index (χ1) is 7.83. The van der Waals surface area contributed by atoms with Crippen LogP contribution in [0, 0.1) is 11.3 Å². The lowest BCUT2D eigenvalue weighted by Crippen LogP contribution is -2.09. The van der Waals surface area contributed by atoms with Gasteiger partial charge >= 0.3 is 0 Å². The second-order valence-electron chi connectivity index (χ2n) is 3.36. The molecule has 1 aromatic heterocycles. The number of nitrogens with two attached hydrogens (primary N) is 1. The summed E-state index contributed by atoms with van der Waals surface area (Å²) < 4.78 is 2.07. The Bertz CT molecular complexity index is 355. The SMILES string of the molecule is CCCn1c(CN)nnc1SCCCC#N. The lowest BCUT2D eigenvalue weighted by Gasteiger charge is -2.06. The topological polar surface area (TPSA) is 80.5 Å². The van der Waals surface area contributed by atoms with Crippen molar-refractivity contribution in [1.82, 2.24) is 14.8 Å². The van der Waals surface area contributed by atoms with Crippen LogP contribution in [0.5, 0.6) is 0 Å². The Balaban J connectivity index is 2.57. The fourth-order valence-corrected chi connectivity index (χ4v) is 2.26. The van der Waals surface area contributed by atoms with Crippen LogP contribution in [-0.2, 0) is 13.1 Å². The maximum Gasteiger partial charge on any atom is 0.191 e. The zero-order valence-corrected chi connectivity index (χ0v) is 10.3. The average Bonchev–Trinajstić information content (AvgIpc) is 2.68. The third-order valence-corrected chi connectivity index (χ3v) is 3.14. The van der Waals surface area contributed by atoms with Crippen LogP contribution in [0.3, 0.4) is 0 Å². The van der Waals surface area contributed by atoms with E-state index in [-0.39, 0.29) is 0 Å². The normalized spacial score (nSPS) is 10.3. The van der Waals surface area contributed by atoms with Gasteiger partial charge < -0.3 is 10.3 Å². The largest absolute Gasteiger partial charge is 0.324 e. The van der Waals surface area contributed by atoms with Crippen LogP contribution in [0.25, 0.3) is 0 Å². The molecule has 1 rings (SSSR count). The van der Waals surface area contributed by atoms with Gasteiger partial charge in [-0.05, 0) is 12.8 Å². The number of hydrogen-bond donors (Lipinski definition) is 1. The van der Waals surface area contributed by atoms with E-state index < -0.39 is 0 Å². The average molecular weight is 239 g/mol. The van der Waals surface area contributed by atoms with Crippen LogP contribution >= 0.6 is 11.8 Å². The molecule has 6 heteroatoms. The second-order valence-corrected chi connectivity index (χ2v) is 4.43. The highest BCUT2D eigenvalue weighted by molar-refractivity contribution is 7.99. The lowest BCUT2D eigenvalue weighted by molar-refractivity contribution is 0.592. The molecule has 0 bridgehead atoms. The maximum absolute atomic E-state index is 8.44.